The smallest absolute Gasteiger partial charge is 0.261 e. The van der Waals surface area contributed by atoms with Gasteiger partial charge in [0.25, 0.3) is 5.56 Å². The first-order valence-corrected chi connectivity index (χ1v) is 7.67. The van der Waals surface area contributed by atoms with Gasteiger partial charge in [-0.3, -0.25) is 9.78 Å². The molecular formula is C14H19N3O2S. The van der Waals surface area contributed by atoms with E-state index >= 15 is 0 Å². The molecular weight excluding hydrogens is 274 g/mol. The number of hydrogen-bond acceptors (Lipinski definition) is 5. The Labute approximate surface area is 121 Å². The lowest BCUT2D eigenvalue weighted by atomic mass is 10.2. The molecule has 1 saturated heterocycles. The number of nitrogens with zero attached hydrogens (tertiary/aromatic N) is 2. The number of anilines is 1. The topological polar surface area (TPSA) is 58.2 Å². The van der Waals surface area contributed by atoms with E-state index in [2.05, 4.69) is 14.9 Å². The number of aromatic amines is 1. The monoisotopic (exact) mass is 293 g/mol. The van der Waals surface area contributed by atoms with Crippen LogP contribution in [0.2, 0.25) is 0 Å². The van der Waals surface area contributed by atoms with E-state index in [0.717, 1.165) is 33.7 Å². The van der Waals surface area contributed by atoms with Crippen molar-refractivity contribution < 1.29 is 4.74 Å². The molecule has 1 N–H and O–H groups in total. The van der Waals surface area contributed by atoms with Crippen LogP contribution in [0.15, 0.2) is 4.79 Å². The van der Waals surface area contributed by atoms with E-state index in [1.54, 1.807) is 11.3 Å². The molecule has 2 unspecified atom stereocenters. The summed E-state index contributed by atoms with van der Waals surface area (Å²) in [6.07, 6.45) is 0.290. The molecule has 1 aliphatic rings. The van der Waals surface area contributed by atoms with Crippen molar-refractivity contribution in [2.24, 2.45) is 0 Å². The van der Waals surface area contributed by atoms with Crippen molar-refractivity contribution in [2.45, 2.75) is 39.9 Å². The molecule has 6 heteroatoms. The van der Waals surface area contributed by atoms with E-state index in [0.29, 0.717) is 5.95 Å². The van der Waals surface area contributed by atoms with Gasteiger partial charge in [0, 0.05) is 18.0 Å². The van der Waals surface area contributed by atoms with Crippen LogP contribution in [0.1, 0.15) is 24.3 Å². The van der Waals surface area contributed by atoms with Gasteiger partial charge in [-0.1, -0.05) is 0 Å². The summed E-state index contributed by atoms with van der Waals surface area (Å²) in [7, 11) is 0. The summed E-state index contributed by atoms with van der Waals surface area (Å²) < 4.78 is 5.72. The van der Waals surface area contributed by atoms with Gasteiger partial charge >= 0.3 is 0 Å². The molecule has 1 fully saturated rings. The summed E-state index contributed by atoms with van der Waals surface area (Å²) in [5, 5.41) is 0.727. The Balaban J connectivity index is 2.07. The van der Waals surface area contributed by atoms with Crippen molar-refractivity contribution in [1.82, 2.24) is 9.97 Å². The molecule has 0 spiro atoms. The van der Waals surface area contributed by atoms with Gasteiger partial charge in [-0.25, -0.2) is 4.98 Å². The van der Waals surface area contributed by atoms with Crippen molar-refractivity contribution in [3.8, 4) is 0 Å². The Morgan fingerprint density at radius 2 is 1.95 bits per heavy atom. The molecule has 3 heterocycles. The fraction of sp³-hybridized carbons (Fsp3) is 0.571. The second kappa shape index (κ2) is 4.86. The molecule has 0 aliphatic carbocycles. The first-order valence-electron chi connectivity index (χ1n) is 6.86. The number of aromatic nitrogens is 2. The molecule has 2 aromatic rings. The van der Waals surface area contributed by atoms with E-state index in [4.69, 9.17) is 4.74 Å². The lowest BCUT2D eigenvalue weighted by molar-refractivity contribution is -0.00571. The van der Waals surface area contributed by atoms with Crippen LogP contribution in [-0.4, -0.2) is 35.3 Å². The first-order chi connectivity index (χ1) is 9.45. The molecule has 3 rings (SSSR count). The van der Waals surface area contributed by atoms with E-state index in [9.17, 15) is 4.79 Å². The Bertz CT molecular complexity index is 696. The van der Waals surface area contributed by atoms with Gasteiger partial charge in [-0.2, -0.15) is 0 Å². The minimum atomic E-state index is -0.0429. The third-order valence-electron chi connectivity index (χ3n) is 3.75. The number of aryl methyl sites for hydroxylation is 2. The molecule has 0 radical (unpaired) electrons. The molecule has 0 aromatic carbocycles. The molecule has 0 amide bonds. The van der Waals surface area contributed by atoms with Gasteiger partial charge in [0.2, 0.25) is 5.95 Å². The zero-order chi connectivity index (χ0) is 14.4. The summed E-state index contributed by atoms with van der Waals surface area (Å²) in [6.45, 7) is 9.59. The van der Waals surface area contributed by atoms with Crippen molar-refractivity contribution in [3.05, 3.63) is 20.8 Å². The second-order valence-electron chi connectivity index (χ2n) is 5.52. The van der Waals surface area contributed by atoms with Crippen LogP contribution in [0, 0.1) is 13.8 Å². The normalized spacial score (nSPS) is 23.5. The van der Waals surface area contributed by atoms with Crippen LogP contribution in [0.5, 0.6) is 0 Å². The molecule has 0 saturated carbocycles. The molecule has 1 aliphatic heterocycles. The number of ether oxygens (including phenoxy) is 1. The summed E-state index contributed by atoms with van der Waals surface area (Å²) in [4.78, 5) is 23.9. The van der Waals surface area contributed by atoms with Crippen LogP contribution in [0.25, 0.3) is 10.2 Å². The number of fused-ring (bicyclic) bond motifs is 1. The number of morpholine rings is 1. The molecule has 2 aromatic heterocycles. The largest absolute Gasteiger partial charge is 0.372 e. The molecule has 0 bridgehead atoms. The van der Waals surface area contributed by atoms with Gasteiger partial charge in [-0.15, -0.1) is 11.3 Å². The van der Waals surface area contributed by atoms with Crippen molar-refractivity contribution in [2.75, 3.05) is 18.0 Å². The average molecular weight is 293 g/mol. The lowest BCUT2D eigenvalue weighted by Crippen LogP contribution is -2.46. The highest BCUT2D eigenvalue weighted by Crippen LogP contribution is 2.27. The second-order valence-corrected chi connectivity index (χ2v) is 6.72. The van der Waals surface area contributed by atoms with E-state index < -0.39 is 0 Å². The predicted molar refractivity (Wildman–Crippen MR) is 81.9 cm³/mol. The van der Waals surface area contributed by atoms with Crippen LogP contribution in [0.4, 0.5) is 5.95 Å². The third-order valence-corrected chi connectivity index (χ3v) is 4.85. The fourth-order valence-corrected chi connectivity index (χ4v) is 3.77. The first kappa shape index (κ1) is 13.6. The highest BCUT2D eigenvalue weighted by molar-refractivity contribution is 7.18. The predicted octanol–water partition coefficient (Wildman–Crippen LogP) is 2.22. The standard InChI is InChI=1S/C14H19N3O2S/c1-7-5-17(6-8(2)19-7)14-15-12(18)11-9(3)10(4)20-13(11)16-14/h7-8H,5-6H2,1-4H3,(H,15,16,18). The minimum absolute atomic E-state index is 0.0429. The van der Waals surface area contributed by atoms with Crippen molar-refractivity contribution >= 4 is 27.5 Å². The molecule has 2 atom stereocenters. The number of thiophene rings is 1. The van der Waals surface area contributed by atoms with Gasteiger partial charge in [0.15, 0.2) is 0 Å². The summed E-state index contributed by atoms with van der Waals surface area (Å²) in [5.74, 6) is 0.658. The van der Waals surface area contributed by atoms with Gasteiger partial charge in [0.1, 0.15) is 4.83 Å². The van der Waals surface area contributed by atoms with Gasteiger partial charge in [-0.05, 0) is 33.3 Å². The number of H-pyrrole nitrogens is 1. The third kappa shape index (κ3) is 2.23. The van der Waals surface area contributed by atoms with Crippen molar-refractivity contribution in [3.63, 3.8) is 0 Å². The number of hydrogen-bond donors (Lipinski definition) is 1. The van der Waals surface area contributed by atoms with Gasteiger partial charge in [0.05, 0.1) is 17.6 Å². The fourth-order valence-electron chi connectivity index (χ4n) is 2.74. The van der Waals surface area contributed by atoms with Gasteiger partial charge < -0.3 is 9.64 Å². The Kier molecular flexibility index (Phi) is 3.30. The minimum Gasteiger partial charge on any atom is -0.372 e. The lowest BCUT2D eigenvalue weighted by Gasteiger charge is -2.35. The Morgan fingerprint density at radius 1 is 1.30 bits per heavy atom. The highest BCUT2D eigenvalue weighted by Gasteiger charge is 2.24. The molecule has 108 valence electrons. The van der Waals surface area contributed by atoms with Crippen LogP contribution in [0.3, 0.4) is 0 Å². The Hall–Kier alpha value is -1.40. The highest BCUT2D eigenvalue weighted by atomic mass is 32.1. The summed E-state index contributed by atoms with van der Waals surface area (Å²) in [6, 6.07) is 0. The maximum absolute atomic E-state index is 12.3. The van der Waals surface area contributed by atoms with E-state index in [1.165, 1.54) is 0 Å². The van der Waals surface area contributed by atoms with E-state index in [-0.39, 0.29) is 17.8 Å². The van der Waals surface area contributed by atoms with Crippen LogP contribution >= 0.6 is 11.3 Å². The zero-order valence-corrected chi connectivity index (χ0v) is 13.0. The summed E-state index contributed by atoms with van der Waals surface area (Å²) in [5.41, 5.74) is 0.993. The van der Waals surface area contributed by atoms with Crippen molar-refractivity contribution in [1.29, 1.82) is 0 Å². The Morgan fingerprint density at radius 3 is 2.60 bits per heavy atom. The van der Waals surface area contributed by atoms with E-state index in [1.807, 2.05) is 27.7 Å². The van der Waals surface area contributed by atoms with Crippen LogP contribution < -0.4 is 10.5 Å². The SMILES string of the molecule is Cc1sc2nc(N3CC(C)OC(C)C3)[nH]c(=O)c2c1C. The molecule has 20 heavy (non-hydrogen) atoms. The average Bonchev–Trinajstić information content (AvgIpc) is 2.64. The quantitative estimate of drug-likeness (QED) is 0.876. The number of nitrogens with one attached hydrogen (secondary N) is 1. The zero-order valence-electron chi connectivity index (χ0n) is 12.2. The maximum Gasteiger partial charge on any atom is 0.261 e. The molecule has 5 nitrogen and oxygen atoms in total. The maximum atomic E-state index is 12.3. The van der Waals surface area contributed by atoms with Crippen LogP contribution in [-0.2, 0) is 4.74 Å². The number of rotatable bonds is 1. The summed E-state index contributed by atoms with van der Waals surface area (Å²) >= 11 is 1.58.